The van der Waals surface area contributed by atoms with Gasteiger partial charge in [0.2, 0.25) is 0 Å². The maximum atomic E-state index is 12.9. The van der Waals surface area contributed by atoms with Gasteiger partial charge < -0.3 is 18.9 Å². The van der Waals surface area contributed by atoms with Gasteiger partial charge >= 0.3 is 23.6 Å². The molecule has 0 bridgehead atoms. The molecule has 0 N–H and O–H groups in total. The van der Waals surface area contributed by atoms with Crippen LogP contribution in [0.1, 0.15) is 27.0 Å². The highest BCUT2D eigenvalue weighted by molar-refractivity contribution is 9.10. The molecular weight excluding hydrogens is 496 g/mol. The molecule has 0 radical (unpaired) electrons. The number of fused-ring (bicyclic) bond motifs is 1. The molecule has 2 aromatic rings. The Labute approximate surface area is 188 Å². The first-order valence-corrected chi connectivity index (χ1v) is 10.2. The largest absolute Gasteiger partial charge is 0.463 e. The van der Waals surface area contributed by atoms with Crippen LogP contribution < -0.4 is 11.2 Å². The molecule has 1 saturated heterocycles. The number of ether oxygens (including phenoxy) is 4. The molecule has 1 aliphatic rings. The van der Waals surface area contributed by atoms with Gasteiger partial charge in [-0.25, -0.2) is 9.78 Å². The van der Waals surface area contributed by atoms with E-state index in [-0.39, 0.29) is 22.5 Å². The number of hydrogen-bond donors (Lipinski definition) is 0. The molecule has 14 heteroatoms. The van der Waals surface area contributed by atoms with Gasteiger partial charge in [0, 0.05) is 34.9 Å². The molecule has 0 aromatic carbocycles. The Kier molecular flexibility index (Phi) is 6.55. The smallest absolute Gasteiger partial charge is 0.332 e. The topological polar surface area (TPSA) is 150 Å². The van der Waals surface area contributed by atoms with Gasteiger partial charge in [0.25, 0.3) is 5.56 Å². The van der Waals surface area contributed by atoms with E-state index in [9.17, 15) is 24.0 Å². The van der Waals surface area contributed by atoms with Crippen molar-refractivity contribution in [1.29, 1.82) is 0 Å². The molecule has 0 spiro atoms. The number of imidazole rings is 1. The van der Waals surface area contributed by atoms with Gasteiger partial charge in [0.1, 0.15) is 12.7 Å². The quantitative estimate of drug-likeness (QED) is 0.289. The van der Waals surface area contributed by atoms with Gasteiger partial charge in [-0.3, -0.25) is 32.9 Å². The summed E-state index contributed by atoms with van der Waals surface area (Å²) in [5.41, 5.74) is -1.21. The van der Waals surface area contributed by atoms with Crippen molar-refractivity contribution in [2.75, 3.05) is 6.61 Å². The fraction of sp³-hybridized carbons (Fsp3) is 0.556. The third-order valence-electron chi connectivity index (χ3n) is 4.84. The first-order chi connectivity index (χ1) is 14.9. The molecule has 0 saturated carbocycles. The zero-order valence-corrected chi connectivity index (χ0v) is 19.4. The lowest BCUT2D eigenvalue weighted by molar-refractivity contribution is -0.166. The van der Waals surface area contributed by atoms with Crippen molar-refractivity contribution in [3.63, 3.8) is 0 Å². The lowest BCUT2D eigenvalue weighted by Crippen LogP contribution is -2.41. The molecule has 174 valence electrons. The zero-order chi connectivity index (χ0) is 23.9. The monoisotopic (exact) mass is 516 g/mol. The van der Waals surface area contributed by atoms with E-state index in [1.165, 1.54) is 30.2 Å². The fourth-order valence-corrected chi connectivity index (χ4v) is 4.07. The molecule has 1 fully saturated rings. The van der Waals surface area contributed by atoms with E-state index >= 15 is 0 Å². The Bertz CT molecular complexity index is 1210. The number of nitrogens with zero attached hydrogens (tertiary/aromatic N) is 4. The summed E-state index contributed by atoms with van der Waals surface area (Å²) >= 11 is 3.26. The lowest BCUT2D eigenvalue weighted by atomic mass is 10.1. The average Bonchev–Trinajstić information content (AvgIpc) is 3.20. The Morgan fingerprint density at radius 2 is 1.59 bits per heavy atom. The third-order valence-corrected chi connectivity index (χ3v) is 5.40. The summed E-state index contributed by atoms with van der Waals surface area (Å²) in [6.45, 7) is 3.21. The van der Waals surface area contributed by atoms with Crippen LogP contribution in [0.25, 0.3) is 11.2 Å². The number of hydrogen-bond acceptors (Lipinski definition) is 10. The Balaban J connectivity index is 2.21. The summed E-state index contributed by atoms with van der Waals surface area (Å²) in [4.78, 5) is 64.3. The maximum Gasteiger partial charge on any atom is 0.332 e. The summed E-state index contributed by atoms with van der Waals surface area (Å²) < 4.78 is 25.2. The molecule has 4 atom stereocenters. The second-order valence-corrected chi connectivity index (χ2v) is 7.85. The highest BCUT2D eigenvalue weighted by atomic mass is 79.9. The van der Waals surface area contributed by atoms with E-state index in [1.54, 1.807) is 0 Å². The van der Waals surface area contributed by atoms with Gasteiger partial charge in [0.05, 0.1) is 0 Å². The van der Waals surface area contributed by atoms with Crippen LogP contribution >= 0.6 is 15.9 Å². The van der Waals surface area contributed by atoms with E-state index in [4.69, 9.17) is 18.9 Å². The second-order valence-electron chi connectivity index (χ2n) is 7.14. The molecular formula is C18H21BrN4O9. The van der Waals surface area contributed by atoms with Crippen LogP contribution in [0, 0.1) is 0 Å². The number of carbonyl (C=O) groups is 3. The van der Waals surface area contributed by atoms with Crippen LogP contribution in [0.15, 0.2) is 14.3 Å². The van der Waals surface area contributed by atoms with E-state index < -0.39 is 53.7 Å². The van der Waals surface area contributed by atoms with Crippen LogP contribution in [0.5, 0.6) is 0 Å². The van der Waals surface area contributed by atoms with Crippen LogP contribution in [-0.2, 0) is 47.4 Å². The SMILES string of the molecule is CC(=O)OC[C@H]1O[C@@H](n2c(Br)nc3c2c(=O)n(C)c(=O)n3C)[C@@H](OC(C)=O)[C@@H]1OC(C)=O. The second kappa shape index (κ2) is 8.86. The van der Waals surface area contributed by atoms with Crippen LogP contribution in [0.2, 0.25) is 0 Å². The summed E-state index contributed by atoms with van der Waals surface area (Å²) in [7, 11) is 2.75. The van der Waals surface area contributed by atoms with E-state index in [2.05, 4.69) is 20.9 Å². The minimum atomic E-state index is -1.22. The summed E-state index contributed by atoms with van der Waals surface area (Å²) in [6, 6.07) is 0. The van der Waals surface area contributed by atoms with Crippen LogP contribution in [-0.4, -0.2) is 61.5 Å². The highest BCUT2D eigenvalue weighted by Gasteiger charge is 2.51. The van der Waals surface area contributed by atoms with Crippen LogP contribution in [0.3, 0.4) is 0 Å². The maximum absolute atomic E-state index is 12.9. The number of carbonyl (C=O) groups excluding carboxylic acids is 3. The van der Waals surface area contributed by atoms with Crippen molar-refractivity contribution in [3.8, 4) is 0 Å². The molecule has 13 nitrogen and oxygen atoms in total. The van der Waals surface area contributed by atoms with Gasteiger partial charge in [-0.2, -0.15) is 0 Å². The predicted molar refractivity (Wildman–Crippen MR) is 110 cm³/mol. The Morgan fingerprint density at radius 3 is 2.16 bits per heavy atom. The van der Waals surface area contributed by atoms with Gasteiger partial charge in [-0.1, -0.05) is 0 Å². The molecule has 0 amide bonds. The summed E-state index contributed by atoms with van der Waals surface area (Å²) in [5, 5.41) is 0. The minimum Gasteiger partial charge on any atom is -0.463 e. The van der Waals surface area contributed by atoms with Crippen molar-refractivity contribution >= 4 is 45.0 Å². The normalized spacial score (nSPS) is 22.7. The minimum absolute atomic E-state index is 0.0154. The van der Waals surface area contributed by atoms with Gasteiger partial charge in [-0.15, -0.1) is 0 Å². The van der Waals surface area contributed by atoms with Crippen molar-refractivity contribution in [1.82, 2.24) is 18.7 Å². The van der Waals surface area contributed by atoms with E-state index in [0.29, 0.717) is 0 Å². The van der Waals surface area contributed by atoms with E-state index in [0.717, 1.165) is 18.4 Å². The summed E-state index contributed by atoms with van der Waals surface area (Å²) in [5.74, 6) is -1.98. The number of rotatable bonds is 5. The number of halogens is 1. The number of esters is 3. The predicted octanol–water partition coefficient (Wildman–Crippen LogP) is -0.480. The Morgan fingerprint density at radius 1 is 1.00 bits per heavy atom. The van der Waals surface area contributed by atoms with Crippen LogP contribution in [0.4, 0.5) is 0 Å². The highest BCUT2D eigenvalue weighted by Crippen LogP contribution is 2.37. The van der Waals surface area contributed by atoms with Crippen molar-refractivity contribution in [2.45, 2.75) is 45.3 Å². The van der Waals surface area contributed by atoms with Crippen molar-refractivity contribution < 1.29 is 33.3 Å². The van der Waals surface area contributed by atoms with Gasteiger partial charge in [0.15, 0.2) is 34.3 Å². The molecule has 1 aliphatic heterocycles. The summed E-state index contributed by atoms with van der Waals surface area (Å²) in [6.07, 6.45) is -4.58. The van der Waals surface area contributed by atoms with Gasteiger partial charge in [-0.05, 0) is 15.9 Å². The van der Waals surface area contributed by atoms with Crippen molar-refractivity contribution in [3.05, 3.63) is 25.6 Å². The molecule has 3 rings (SSSR count). The molecule has 0 unspecified atom stereocenters. The standard InChI is InChI=1S/C18H21BrN4O9/c1-7(24)29-6-10-12(30-8(2)25)13(31-9(3)26)16(32-10)23-11-14(20-17(23)19)21(4)18(28)22(5)15(11)27/h10,12-13,16H,6H2,1-5H3/t10-,12-,13+,16-/m1/s1. The molecule has 2 aromatic heterocycles. The number of aryl methyl sites for hydroxylation is 1. The average molecular weight is 517 g/mol. The first-order valence-electron chi connectivity index (χ1n) is 9.40. The zero-order valence-electron chi connectivity index (χ0n) is 17.9. The molecule has 3 heterocycles. The molecule has 0 aliphatic carbocycles. The van der Waals surface area contributed by atoms with E-state index in [1.807, 2.05) is 0 Å². The van der Waals surface area contributed by atoms with Crippen molar-refractivity contribution in [2.24, 2.45) is 14.1 Å². The fourth-order valence-electron chi connectivity index (χ4n) is 3.52. The third kappa shape index (κ3) is 4.19. The Hall–Kier alpha value is -3.00. The lowest BCUT2D eigenvalue weighted by Gasteiger charge is -2.24. The molecule has 32 heavy (non-hydrogen) atoms. The number of aromatic nitrogens is 4. The first kappa shape index (κ1) is 23.7.